The molecular weight excluding hydrogens is 638 g/mol. The highest BCUT2D eigenvalue weighted by Gasteiger charge is 2.41. The fraction of sp³-hybridized carbons (Fsp3) is 0.385. The number of carbonyl (C=O) groups excluding carboxylic acids is 1. The minimum absolute atomic E-state index is 0.0538. The second-order valence-corrected chi connectivity index (χ2v) is 11.0. The summed E-state index contributed by atoms with van der Waals surface area (Å²) in [6.07, 6.45) is -11.7. The fourth-order valence-electron chi connectivity index (χ4n) is 4.69. The van der Waals surface area contributed by atoms with Gasteiger partial charge in [-0.25, -0.2) is 19.4 Å². The number of aromatic nitrogens is 7. The van der Waals surface area contributed by atoms with Gasteiger partial charge in [0.1, 0.15) is 12.1 Å². The maximum Gasteiger partial charge on any atom is 0.420 e. The number of β-amino-alcohol motifs (C(OH)–C–C–N with tert-alkyl or cyclic N) is 1. The van der Waals surface area contributed by atoms with E-state index in [4.69, 9.17) is 11.6 Å². The van der Waals surface area contributed by atoms with E-state index in [1.54, 1.807) is 0 Å². The zero-order chi connectivity index (χ0) is 32.9. The number of alkyl halides is 6. The number of carbonyl (C=O) groups is 1. The van der Waals surface area contributed by atoms with E-state index < -0.39 is 71.8 Å². The molecule has 2 N–H and O–H groups in total. The van der Waals surface area contributed by atoms with Crippen molar-refractivity contribution in [3.8, 4) is 17.2 Å². The summed E-state index contributed by atoms with van der Waals surface area (Å²) in [5.41, 5.74) is -3.50. The van der Waals surface area contributed by atoms with Gasteiger partial charge in [0.15, 0.2) is 23.6 Å². The van der Waals surface area contributed by atoms with Crippen molar-refractivity contribution < 1.29 is 41.4 Å². The van der Waals surface area contributed by atoms with Crippen LogP contribution in [-0.4, -0.2) is 86.1 Å². The van der Waals surface area contributed by atoms with Gasteiger partial charge < -0.3 is 15.1 Å². The predicted octanol–water partition coefficient (Wildman–Crippen LogP) is 2.93. The van der Waals surface area contributed by atoms with Gasteiger partial charge in [-0.15, -0.1) is 10.2 Å². The van der Waals surface area contributed by atoms with E-state index in [1.807, 2.05) is 0 Å². The third-order valence-corrected chi connectivity index (χ3v) is 7.18. The molecule has 0 unspecified atom stereocenters. The average Bonchev–Trinajstić information content (AvgIpc) is 3.63. The Morgan fingerprint density at radius 2 is 1.80 bits per heavy atom. The maximum absolute atomic E-state index is 13.9. The molecule has 1 aliphatic heterocycles. The maximum atomic E-state index is 13.9. The Morgan fingerprint density at radius 3 is 2.40 bits per heavy atom. The second kappa shape index (κ2) is 11.6. The first-order chi connectivity index (χ1) is 20.9. The molecule has 5 rings (SSSR count). The zero-order valence-corrected chi connectivity index (χ0v) is 23.8. The van der Waals surface area contributed by atoms with Crippen molar-refractivity contribution in [2.45, 2.75) is 50.5 Å². The van der Waals surface area contributed by atoms with Crippen molar-refractivity contribution in [1.82, 2.24) is 39.0 Å². The molecule has 0 spiro atoms. The molecule has 1 amide bonds. The minimum Gasteiger partial charge on any atom is -0.388 e. The largest absolute Gasteiger partial charge is 0.420 e. The van der Waals surface area contributed by atoms with Gasteiger partial charge in [-0.2, -0.15) is 31.0 Å². The summed E-state index contributed by atoms with van der Waals surface area (Å²) >= 11 is 5.90. The SMILES string of the molecule is C[C@]1(O)CCN(C(=O)c2nc(Cn3nc(-c4ccc(Cl)cc4)n(C[C@H](O)C(F)(F)F)c3=O)nn2-c2ncccc2C(F)(F)F)C1. The van der Waals surface area contributed by atoms with Crippen LogP contribution in [0, 0.1) is 0 Å². The van der Waals surface area contributed by atoms with Crippen LogP contribution in [0.4, 0.5) is 26.3 Å². The number of amides is 1. The summed E-state index contributed by atoms with van der Waals surface area (Å²) in [5.74, 6) is -3.01. The van der Waals surface area contributed by atoms with Gasteiger partial charge in [-0.1, -0.05) is 11.6 Å². The van der Waals surface area contributed by atoms with Crippen molar-refractivity contribution in [2.75, 3.05) is 13.1 Å². The van der Waals surface area contributed by atoms with Gasteiger partial charge in [0.05, 0.1) is 12.1 Å². The Labute approximate surface area is 254 Å². The summed E-state index contributed by atoms with van der Waals surface area (Å²) in [6.45, 7) is -0.554. The van der Waals surface area contributed by atoms with Crippen molar-refractivity contribution in [1.29, 1.82) is 0 Å². The summed E-state index contributed by atoms with van der Waals surface area (Å²) in [4.78, 5) is 35.8. The third-order valence-electron chi connectivity index (χ3n) is 6.92. The highest BCUT2D eigenvalue weighted by molar-refractivity contribution is 6.30. The van der Waals surface area contributed by atoms with Crippen LogP contribution in [0.1, 0.15) is 35.4 Å². The molecule has 0 bridgehead atoms. The minimum atomic E-state index is -5.08. The van der Waals surface area contributed by atoms with Crippen molar-refractivity contribution >= 4 is 17.5 Å². The van der Waals surface area contributed by atoms with E-state index in [0.29, 0.717) is 13.9 Å². The number of hydrogen-bond donors (Lipinski definition) is 2. The van der Waals surface area contributed by atoms with Crippen LogP contribution < -0.4 is 5.69 Å². The smallest absolute Gasteiger partial charge is 0.388 e. The molecule has 0 saturated carbocycles. The molecule has 4 heterocycles. The van der Waals surface area contributed by atoms with E-state index in [2.05, 4.69) is 20.2 Å². The van der Waals surface area contributed by atoms with Gasteiger partial charge in [0, 0.05) is 29.9 Å². The molecule has 4 aromatic rings. The number of halogens is 7. The molecule has 1 fully saturated rings. The van der Waals surface area contributed by atoms with E-state index in [-0.39, 0.29) is 35.9 Å². The van der Waals surface area contributed by atoms with Crippen LogP contribution in [-0.2, 0) is 19.3 Å². The van der Waals surface area contributed by atoms with Crippen molar-refractivity contribution in [2.24, 2.45) is 0 Å². The van der Waals surface area contributed by atoms with E-state index in [0.717, 1.165) is 18.3 Å². The summed E-state index contributed by atoms with van der Waals surface area (Å²) < 4.78 is 83.1. The highest BCUT2D eigenvalue weighted by Crippen LogP contribution is 2.33. The molecule has 45 heavy (non-hydrogen) atoms. The molecule has 240 valence electrons. The zero-order valence-electron chi connectivity index (χ0n) is 23.1. The molecule has 19 heteroatoms. The van der Waals surface area contributed by atoms with Gasteiger partial charge in [-0.3, -0.25) is 9.36 Å². The third kappa shape index (κ3) is 6.71. The molecule has 3 aromatic heterocycles. The number of rotatable bonds is 7. The number of aliphatic hydroxyl groups is 2. The Bertz CT molecular complexity index is 1780. The normalized spacial score (nSPS) is 18.0. The highest BCUT2D eigenvalue weighted by atomic mass is 35.5. The van der Waals surface area contributed by atoms with Gasteiger partial charge in [0.25, 0.3) is 5.91 Å². The van der Waals surface area contributed by atoms with Crippen molar-refractivity contribution in [3.05, 3.63) is 75.3 Å². The quantitative estimate of drug-likeness (QED) is 0.288. The Kier molecular flexibility index (Phi) is 8.26. The second-order valence-electron chi connectivity index (χ2n) is 10.5. The molecule has 0 radical (unpaired) electrons. The molecule has 1 aromatic carbocycles. The number of hydrogen-bond acceptors (Lipinski definition) is 8. The van der Waals surface area contributed by atoms with Gasteiger partial charge >= 0.3 is 18.0 Å². The lowest BCUT2D eigenvalue weighted by Gasteiger charge is -2.19. The summed E-state index contributed by atoms with van der Waals surface area (Å²) in [6, 6.07) is 7.29. The van der Waals surface area contributed by atoms with Crippen LogP contribution in [0.25, 0.3) is 17.2 Å². The summed E-state index contributed by atoms with van der Waals surface area (Å²) in [5, 5.41) is 28.4. The number of likely N-dealkylation sites (tertiary alicyclic amines) is 1. The number of pyridine rings is 1. The molecular formula is C26H23ClF6N8O4. The average molecular weight is 661 g/mol. The van der Waals surface area contributed by atoms with E-state index in [1.165, 1.54) is 36.1 Å². The van der Waals surface area contributed by atoms with Gasteiger partial charge in [0.2, 0.25) is 5.82 Å². The van der Waals surface area contributed by atoms with Crippen molar-refractivity contribution in [3.63, 3.8) is 0 Å². The first kappa shape index (κ1) is 32.1. The summed E-state index contributed by atoms with van der Waals surface area (Å²) in [7, 11) is 0. The van der Waals surface area contributed by atoms with Crippen LogP contribution in [0.5, 0.6) is 0 Å². The first-order valence-electron chi connectivity index (χ1n) is 13.1. The fourth-order valence-corrected chi connectivity index (χ4v) is 4.81. The Balaban J connectivity index is 1.61. The Hall–Kier alpha value is -4.29. The topological polar surface area (TPSA) is 144 Å². The monoisotopic (exact) mass is 660 g/mol. The van der Waals surface area contributed by atoms with Crippen LogP contribution in [0.15, 0.2) is 47.4 Å². The molecule has 1 aliphatic rings. The van der Waals surface area contributed by atoms with Crippen LogP contribution in [0.2, 0.25) is 5.02 Å². The lowest BCUT2D eigenvalue weighted by Crippen LogP contribution is -2.37. The lowest BCUT2D eigenvalue weighted by molar-refractivity contribution is -0.207. The van der Waals surface area contributed by atoms with E-state index >= 15 is 0 Å². The first-order valence-corrected chi connectivity index (χ1v) is 13.5. The predicted molar refractivity (Wildman–Crippen MR) is 143 cm³/mol. The molecule has 0 aliphatic carbocycles. The molecule has 12 nitrogen and oxygen atoms in total. The Morgan fingerprint density at radius 1 is 1.11 bits per heavy atom. The van der Waals surface area contributed by atoms with Gasteiger partial charge in [-0.05, 0) is 49.7 Å². The standard InChI is InChI=1S/C26H23ClF6N8O4/c1-24(45)8-10-38(13-24)22(43)21-35-18(36-41(21)20-16(25(28,29)30)3-2-9-34-20)12-40-23(44)39(11-17(42)26(31,32)33)19(37-40)14-4-6-15(27)7-5-14/h2-7,9,17,42,45H,8,10-13H2,1H3/t17-,24-/m0/s1. The van der Waals surface area contributed by atoms with E-state index in [9.17, 15) is 46.1 Å². The number of nitrogens with zero attached hydrogens (tertiary/aromatic N) is 8. The number of benzene rings is 1. The molecule has 1 saturated heterocycles. The molecule has 2 atom stereocenters. The number of aliphatic hydroxyl groups excluding tert-OH is 1. The lowest BCUT2D eigenvalue weighted by atomic mass is 10.1. The van der Waals surface area contributed by atoms with Crippen LogP contribution >= 0.6 is 11.6 Å². The van der Waals surface area contributed by atoms with Crippen LogP contribution in [0.3, 0.4) is 0 Å².